The Balaban J connectivity index is 2.35. The molecule has 0 saturated heterocycles. The minimum Gasteiger partial charge on any atom is -0.358 e. The largest absolute Gasteiger partial charge is 0.358 e. The van der Waals surface area contributed by atoms with Crippen LogP contribution in [0.1, 0.15) is 46.0 Å². The molecule has 0 N–H and O–H groups in total. The molecule has 0 spiro atoms. The third-order valence-electron chi connectivity index (χ3n) is 3.66. The fourth-order valence-corrected chi connectivity index (χ4v) is 3.49. The van der Waals surface area contributed by atoms with Gasteiger partial charge in [-0.1, -0.05) is 23.9 Å². The van der Waals surface area contributed by atoms with Crippen molar-refractivity contribution in [2.75, 3.05) is 26.7 Å². The van der Waals surface area contributed by atoms with Gasteiger partial charge in [-0.2, -0.15) is 0 Å². The molecule has 114 valence electrons. The van der Waals surface area contributed by atoms with E-state index >= 15 is 0 Å². The van der Waals surface area contributed by atoms with Crippen LogP contribution in [0, 0.1) is 0 Å². The minimum absolute atomic E-state index is 0.0540. The summed E-state index contributed by atoms with van der Waals surface area (Å²) in [7, 11) is 1.86. The van der Waals surface area contributed by atoms with Gasteiger partial charge in [0.05, 0.1) is 0 Å². The van der Waals surface area contributed by atoms with Gasteiger partial charge in [-0.25, -0.2) is 0 Å². The Morgan fingerprint density at radius 2 is 2.05 bits per heavy atom. The predicted octanol–water partition coefficient (Wildman–Crippen LogP) is 4.29. The summed E-state index contributed by atoms with van der Waals surface area (Å²) in [4.78, 5) is 15.9. The molecule has 0 radical (unpaired) electrons. The number of hydrogen-bond acceptors (Lipinski definition) is 3. The summed E-state index contributed by atoms with van der Waals surface area (Å²) in [5.74, 6) is 0. The van der Waals surface area contributed by atoms with Crippen molar-refractivity contribution in [1.82, 2.24) is 9.80 Å². The number of nitrogens with zero attached hydrogens (tertiary/aromatic N) is 2. The Hall–Kier alpha value is -0.550. The molecule has 1 amide bonds. The van der Waals surface area contributed by atoms with E-state index in [2.05, 4.69) is 19.9 Å². The third-order valence-corrected chi connectivity index (χ3v) is 5.09. The second-order valence-electron chi connectivity index (χ2n) is 5.09. The highest BCUT2D eigenvalue weighted by atomic mass is 32.2. The van der Waals surface area contributed by atoms with E-state index in [-0.39, 0.29) is 5.24 Å². The molecule has 5 heteroatoms. The summed E-state index contributed by atoms with van der Waals surface area (Å²) in [5, 5.41) is 0.0540. The first kappa shape index (κ1) is 17.5. The first-order chi connectivity index (χ1) is 9.58. The fourth-order valence-electron chi connectivity index (χ4n) is 2.23. The van der Waals surface area contributed by atoms with Gasteiger partial charge in [0.15, 0.2) is 0 Å². The van der Waals surface area contributed by atoms with Gasteiger partial charge in [0.1, 0.15) is 4.32 Å². The molecule has 1 aliphatic rings. The van der Waals surface area contributed by atoms with Gasteiger partial charge in [0, 0.05) is 38.4 Å². The zero-order valence-electron chi connectivity index (χ0n) is 12.9. The van der Waals surface area contributed by atoms with Crippen LogP contribution >= 0.6 is 24.0 Å². The summed E-state index contributed by atoms with van der Waals surface area (Å²) >= 11 is 6.49. The lowest BCUT2D eigenvalue weighted by Gasteiger charge is -2.23. The number of carbonyl (C=O) groups is 1. The van der Waals surface area contributed by atoms with Gasteiger partial charge in [-0.05, 0) is 46.0 Å². The SMILES string of the molecule is CCN(CC)C(=S)SC(=O)N(C)CCC1=CCCCC1. The molecule has 0 aromatic heterocycles. The summed E-state index contributed by atoms with van der Waals surface area (Å²) in [5.41, 5.74) is 1.51. The maximum atomic E-state index is 12.1. The Labute approximate surface area is 132 Å². The van der Waals surface area contributed by atoms with Gasteiger partial charge in [-0.3, -0.25) is 4.79 Å². The second-order valence-corrected chi connectivity index (χ2v) is 6.67. The third kappa shape index (κ3) is 5.83. The summed E-state index contributed by atoms with van der Waals surface area (Å²) in [6, 6.07) is 0. The molecule has 0 fully saturated rings. The molecule has 0 bridgehead atoms. The zero-order valence-corrected chi connectivity index (χ0v) is 14.5. The summed E-state index contributed by atoms with van der Waals surface area (Å²) in [6.45, 7) is 6.61. The van der Waals surface area contributed by atoms with Crippen molar-refractivity contribution in [3.8, 4) is 0 Å². The second kappa shape index (κ2) is 9.40. The molecule has 0 unspecified atom stereocenters. The average molecular weight is 315 g/mol. The lowest BCUT2D eigenvalue weighted by atomic mass is 9.97. The van der Waals surface area contributed by atoms with E-state index in [1.807, 2.05) is 11.9 Å². The van der Waals surface area contributed by atoms with E-state index < -0.39 is 0 Å². The number of thiocarbonyl (C=S) groups is 1. The Kier molecular flexibility index (Phi) is 8.22. The number of hydrogen-bond donors (Lipinski definition) is 0. The molecular weight excluding hydrogens is 288 g/mol. The van der Waals surface area contributed by atoms with Crippen LogP contribution in [0.25, 0.3) is 0 Å². The highest BCUT2D eigenvalue weighted by Crippen LogP contribution is 2.21. The smallest absolute Gasteiger partial charge is 0.288 e. The molecule has 0 aliphatic heterocycles. The Morgan fingerprint density at radius 1 is 1.35 bits per heavy atom. The topological polar surface area (TPSA) is 23.6 Å². The molecule has 1 aliphatic carbocycles. The van der Waals surface area contributed by atoms with Crippen molar-refractivity contribution < 1.29 is 4.79 Å². The monoisotopic (exact) mass is 314 g/mol. The van der Waals surface area contributed by atoms with Gasteiger partial charge < -0.3 is 9.80 Å². The van der Waals surface area contributed by atoms with Crippen LogP contribution in [-0.4, -0.2) is 46.0 Å². The normalized spacial score (nSPS) is 14.7. The van der Waals surface area contributed by atoms with Gasteiger partial charge in [0.2, 0.25) is 0 Å². The van der Waals surface area contributed by atoms with Crippen molar-refractivity contribution in [1.29, 1.82) is 0 Å². The average Bonchev–Trinajstić information content (AvgIpc) is 2.47. The first-order valence-corrected chi connectivity index (χ1v) is 8.70. The van der Waals surface area contributed by atoms with Crippen molar-refractivity contribution in [3.63, 3.8) is 0 Å². The highest BCUT2D eigenvalue weighted by molar-refractivity contribution is 8.32. The molecule has 0 atom stereocenters. The van der Waals surface area contributed by atoms with Crippen LogP contribution in [0.3, 0.4) is 0 Å². The molecule has 0 aromatic rings. The molecule has 20 heavy (non-hydrogen) atoms. The van der Waals surface area contributed by atoms with Crippen molar-refractivity contribution in [2.24, 2.45) is 0 Å². The number of rotatable bonds is 5. The van der Waals surface area contributed by atoms with Gasteiger partial charge >= 0.3 is 0 Å². The maximum absolute atomic E-state index is 12.1. The van der Waals surface area contributed by atoms with E-state index in [9.17, 15) is 4.79 Å². The van der Waals surface area contributed by atoms with E-state index in [1.54, 1.807) is 4.90 Å². The molecule has 0 aromatic carbocycles. The number of carbonyl (C=O) groups excluding carboxylic acids is 1. The first-order valence-electron chi connectivity index (χ1n) is 7.48. The van der Waals surface area contributed by atoms with Crippen LogP contribution in [0.4, 0.5) is 4.79 Å². The minimum atomic E-state index is 0.0540. The highest BCUT2D eigenvalue weighted by Gasteiger charge is 2.16. The van der Waals surface area contributed by atoms with Crippen LogP contribution in [0.5, 0.6) is 0 Å². The molecule has 0 heterocycles. The maximum Gasteiger partial charge on any atom is 0.288 e. The number of allylic oxidation sites excluding steroid dienone is 1. The van der Waals surface area contributed by atoms with E-state index in [4.69, 9.17) is 12.2 Å². The van der Waals surface area contributed by atoms with E-state index in [0.717, 1.165) is 26.1 Å². The van der Waals surface area contributed by atoms with Gasteiger partial charge in [-0.15, -0.1) is 0 Å². The molecular formula is C15H26N2OS2. The molecule has 3 nitrogen and oxygen atoms in total. The summed E-state index contributed by atoms with van der Waals surface area (Å²) < 4.78 is 0.684. The van der Waals surface area contributed by atoms with E-state index in [1.165, 1.54) is 43.0 Å². The summed E-state index contributed by atoms with van der Waals surface area (Å²) in [6.07, 6.45) is 8.35. The Morgan fingerprint density at radius 3 is 2.60 bits per heavy atom. The van der Waals surface area contributed by atoms with Gasteiger partial charge in [0.25, 0.3) is 5.24 Å². The standard InChI is InChI=1S/C15H26N2OS2/c1-4-17(5-2)15(19)20-14(18)16(3)12-11-13-9-7-6-8-10-13/h9H,4-8,10-12H2,1-3H3. The van der Waals surface area contributed by atoms with Crippen molar-refractivity contribution in [2.45, 2.75) is 46.0 Å². The molecule has 1 rings (SSSR count). The van der Waals surface area contributed by atoms with E-state index in [0.29, 0.717) is 4.32 Å². The van der Waals surface area contributed by atoms with Crippen molar-refractivity contribution >= 4 is 33.5 Å². The quantitative estimate of drug-likeness (QED) is 0.558. The van der Waals surface area contributed by atoms with Crippen LogP contribution in [0.2, 0.25) is 0 Å². The van der Waals surface area contributed by atoms with Crippen LogP contribution in [0.15, 0.2) is 11.6 Å². The lowest BCUT2D eigenvalue weighted by molar-refractivity contribution is 0.234. The molecule has 0 saturated carbocycles. The predicted molar refractivity (Wildman–Crippen MR) is 92.3 cm³/mol. The fraction of sp³-hybridized carbons (Fsp3) is 0.733. The zero-order chi connectivity index (χ0) is 15.0. The Bertz CT molecular complexity index is 365. The lowest BCUT2D eigenvalue weighted by Crippen LogP contribution is -2.31. The van der Waals surface area contributed by atoms with Crippen LogP contribution in [-0.2, 0) is 0 Å². The number of thioether (sulfide) groups is 1. The van der Waals surface area contributed by atoms with Crippen molar-refractivity contribution in [3.05, 3.63) is 11.6 Å². The van der Waals surface area contributed by atoms with Crippen LogP contribution < -0.4 is 0 Å². The number of amides is 1.